The van der Waals surface area contributed by atoms with Crippen LogP contribution in [0.3, 0.4) is 0 Å². The SMILES string of the molecule is N#Cc1ccc2c(c1)c1ccccc1n2-c1cc(-c2ccccc2-c2ccccc2C#N)cc(-n2c3ccccc3c3ccccc32)c1. The molecule has 222 valence electrons. The maximum Gasteiger partial charge on any atom is 0.0998 e. The lowest BCUT2D eigenvalue weighted by Crippen LogP contribution is -2.00. The van der Waals surface area contributed by atoms with Crippen molar-refractivity contribution >= 4 is 43.6 Å². The Balaban J connectivity index is 1.41. The van der Waals surface area contributed by atoms with E-state index in [9.17, 15) is 10.5 Å². The molecule has 4 heteroatoms. The van der Waals surface area contributed by atoms with Crippen molar-refractivity contribution in [3.05, 3.63) is 169 Å². The van der Waals surface area contributed by atoms with Gasteiger partial charge in [-0.05, 0) is 77.4 Å². The fourth-order valence-electron chi connectivity index (χ4n) is 7.32. The average molecular weight is 611 g/mol. The molecule has 2 heterocycles. The van der Waals surface area contributed by atoms with Crippen LogP contribution in [0.4, 0.5) is 0 Å². The molecule has 9 aromatic rings. The first-order valence-corrected chi connectivity index (χ1v) is 15.9. The summed E-state index contributed by atoms with van der Waals surface area (Å²) in [6, 6.07) is 59.0. The van der Waals surface area contributed by atoms with Gasteiger partial charge in [0.05, 0.1) is 45.3 Å². The highest BCUT2D eigenvalue weighted by Crippen LogP contribution is 2.40. The molecule has 0 unspecified atom stereocenters. The van der Waals surface area contributed by atoms with E-state index in [2.05, 4.69) is 130 Å². The molecule has 0 spiro atoms. The minimum absolute atomic E-state index is 0.634. The van der Waals surface area contributed by atoms with Crippen molar-refractivity contribution in [1.82, 2.24) is 9.13 Å². The fraction of sp³-hybridized carbons (Fsp3) is 0. The van der Waals surface area contributed by atoms with Crippen LogP contribution >= 0.6 is 0 Å². The summed E-state index contributed by atoms with van der Waals surface area (Å²) in [4.78, 5) is 0. The Kier molecular flexibility index (Phi) is 6.22. The summed E-state index contributed by atoms with van der Waals surface area (Å²) in [5, 5.41) is 24.3. The van der Waals surface area contributed by atoms with Gasteiger partial charge in [0, 0.05) is 38.5 Å². The van der Waals surface area contributed by atoms with Gasteiger partial charge in [-0.1, -0.05) is 97.1 Å². The van der Waals surface area contributed by atoms with Crippen LogP contribution in [0, 0.1) is 22.7 Å². The van der Waals surface area contributed by atoms with Crippen molar-refractivity contribution in [3.63, 3.8) is 0 Å². The molecule has 0 bridgehead atoms. The third-order valence-corrected chi connectivity index (χ3v) is 9.38. The van der Waals surface area contributed by atoms with Crippen molar-refractivity contribution < 1.29 is 0 Å². The number of aromatic nitrogens is 2. The molecule has 2 aromatic heterocycles. The molecule has 7 aromatic carbocycles. The maximum absolute atomic E-state index is 10.0. The zero-order chi connectivity index (χ0) is 32.2. The molecule has 0 aliphatic carbocycles. The summed E-state index contributed by atoms with van der Waals surface area (Å²) in [5.74, 6) is 0. The van der Waals surface area contributed by atoms with Crippen LogP contribution in [0.1, 0.15) is 11.1 Å². The second kappa shape index (κ2) is 10.9. The fourth-order valence-corrected chi connectivity index (χ4v) is 7.32. The van der Waals surface area contributed by atoms with Crippen LogP contribution in [0.25, 0.3) is 77.2 Å². The van der Waals surface area contributed by atoms with Crippen LogP contribution in [0.2, 0.25) is 0 Å². The summed E-state index contributed by atoms with van der Waals surface area (Å²) >= 11 is 0. The molecule has 0 fully saturated rings. The van der Waals surface area contributed by atoms with Gasteiger partial charge in [0.25, 0.3) is 0 Å². The lowest BCUT2D eigenvalue weighted by molar-refractivity contribution is 1.13. The third-order valence-electron chi connectivity index (χ3n) is 9.38. The van der Waals surface area contributed by atoms with Gasteiger partial charge < -0.3 is 9.13 Å². The van der Waals surface area contributed by atoms with E-state index >= 15 is 0 Å². The molecule has 0 N–H and O–H groups in total. The molecule has 0 atom stereocenters. The van der Waals surface area contributed by atoms with E-state index in [4.69, 9.17) is 0 Å². The molecule has 0 amide bonds. The molecule has 48 heavy (non-hydrogen) atoms. The second-order valence-electron chi connectivity index (χ2n) is 12.0. The highest BCUT2D eigenvalue weighted by molar-refractivity contribution is 6.11. The quantitative estimate of drug-likeness (QED) is 0.199. The van der Waals surface area contributed by atoms with Crippen LogP contribution in [0.15, 0.2) is 158 Å². The molecule has 0 radical (unpaired) electrons. The highest BCUT2D eigenvalue weighted by atomic mass is 15.0. The number of benzene rings is 7. The van der Waals surface area contributed by atoms with Gasteiger partial charge in [0.15, 0.2) is 0 Å². The Morgan fingerprint density at radius 1 is 0.375 bits per heavy atom. The van der Waals surface area contributed by atoms with Crippen molar-refractivity contribution in [2.75, 3.05) is 0 Å². The summed E-state index contributed by atoms with van der Waals surface area (Å²) in [7, 11) is 0. The predicted octanol–water partition coefficient (Wildman–Crippen LogP) is 11.0. The first kappa shape index (κ1) is 27.4. The van der Waals surface area contributed by atoms with E-state index in [-0.39, 0.29) is 0 Å². The minimum Gasteiger partial charge on any atom is -0.309 e. The van der Waals surface area contributed by atoms with E-state index in [1.165, 1.54) is 10.8 Å². The van der Waals surface area contributed by atoms with Gasteiger partial charge in [-0.25, -0.2) is 0 Å². The maximum atomic E-state index is 10.0. The van der Waals surface area contributed by atoms with Gasteiger partial charge >= 0.3 is 0 Å². The van der Waals surface area contributed by atoms with Crippen molar-refractivity contribution in [2.24, 2.45) is 0 Å². The predicted molar refractivity (Wildman–Crippen MR) is 195 cm³/mol. The standard InChI is InChI=1S/C44H26N4/c45-27-29-21-22-44-40(23-29)39-17-7-10-20-43(39)48(44)33-25-31(35-13-3-4-14-36(35)34-12-2-1-11-30(34)28-46)24-32(26-33)47-41-18-8-5-15-37(41)38-16-6-9-19-42(38)47/h1-26H. The van der Waals surface area contributed by atoms with Crippen LogP contribution in [-0.2, 0) is 0 Å². The number of hydrogen-bond acceptors (Lipinski definition) is 2. The van der Waals surface area contributed by atoms with Crippen LogP contribution < -0.4 is 0 Å². The first-order valence-electron chi connectivity index (χ1n) is 15.9. The smallest absolute Gasteiger partial charge is 0.0998 e. The normalized spacial score (nSPS) is 11.3. The van der Waals surface area contributed by atoms with Crippen molar-refractivity contribution in [1.29, 1.82) is 10.5 Å². The molecule has 0 aliphatic heterocycles. The zero-order valence-corrected chi connectivity index (χ0v) is 25.8. The Morgan fingerprint density at radius 2 is 0.854 bits per heavy atom. The Hall–Kier alpha value is -6.88. The molecular weight excluding hydrogens is 585 g/mol. The zero-order valence-electron chi connectivity index (χ0n) is 25.8. The van der Waals surface area contributed by atoms with Gasteiger partial charge in [-0.15, -0.1) is 0 Å². The van der Waals surface area contributed by atoms with Gasteiger partial charge in [-0.3, -0.25) is 0 Å². The summed E-state index contributed by atoms with van der Waals surface area (Å²) in [5.41, 5.74) is 11.6. The van der Waals surface area contributed by atoms with E-state index in [0.29, 0.717) is 11.1 Å². The number of nitriles is 2. The summed E-state index contributed by atoms with van der Waals surface area (Å²) in [6.45, 7) is 0. The van der Waals surface area contributed by atoms with E-state index in [1.54, 1.807) is 0 Å². The molecule has 0 aliphatic rings. The Morgan fingerprint density at radius 3 is 1.44 bits per heavy atom. The number of para-hydroxylation sites is 3. The molecular formula is C44H26N4. The molecule has 4 nitrogen and oxygen atoms in total. The minimum atomic E-state index is 0.634. The molecule has 9 rings (SSSR count). The second-order valence-corrected chi connectivity index (χ2v) is 12.0. The third kappa shape index (κ3) is 4.14. The molecule has 0 saturated heterocycles. The monoisotopic (exact) mass is 610 g/mol. The van der Waals surface area contributed by atoms with Crippen molar-refractivity contribution in [3.8, 4) is 45.8 Å². The van der Waals surface area contributed by atoms with Gasteiger partial charge in [-0.2, -0.15) is 10.5 Å². The number of fused-ring (bicyclic) bond motifs is 6. The lowest BCUT2D eigenvalue weighted by atomic mass is 9.91. The molecule has 0 saturated carbocycles. The number of nitrogens with zero attached hydrogens (tertiary/aromatic N) is 4. The van der Waals surface area contributed by atoms with Crippen LogP contribution in [0.5, 0.6) is 0 Å². The van der Waals surface area contributed by atoms with E-state index in [0.717, 1.165) is 66.5 Å². The lowest BCUT2D eigenvalue weighted by Gasteiger charge is -2.18. The topological polar surface area (TPSA) is 57.4 Å². The Labute approximate surface area is 277 Å². The van der Waals surface area contributed by atoms with Crippen molar-refractivity contribution in [2.45, 2.75) is 0 Å². The van der Waals surface area contributed by atoms with E-state index in [1.807, 2.05) is 48.5 Å². The van der Waals surface area contributed by atoms with Gasteiger partial charge in [0.1, 0.15) is 0 Å². The van der Waals surface area contributed by atoms with E-state index < -0.39 is 0 Å². The van der Waals surface area contributed by atoms with Gasteiger partial charge in [0.2, 0.25) is 0 Å². The highest BCUT2D eigenvalue weighted by Gasteiger charge is 2.19. The largest absolute Gasteiger partial charge is 0.309 e. The number of hydrogen-bond donors (Lipinski definition) is 0. The van der Waals surface area contributed by atoms with Crippen LogP contribution in [-0.4, -0.2) is 9.13 Å². The summed E-state index contributed by atoms with van der Waals surface area (Å²) < 4.78 is 4.66. The number of rotatable bonds is 4. The summed E-state index contributed by atoms with van der Waals surface area (Å²) in [6.07, 6.45) is 0. The Bertz CT molecular complexity index is 2760. The first-order chi connectivity index (χ1) is 23.7. The average Bonchev–Trinajstić information content (AvgIpc) is 3.67.